The first kappa shape index (κ1) is 21.7. The number of hydrogen-bond acceptors (Lipinski definition) is 7. The highest BCUT2D eigenvalue weighted by molar-refractivity contribution is 8.26. The highest BCUT2D eigenvalue weighted by Gasteiger charge is 2.33. The Morgan fingerprint density at radius 2 is 2.10 bits per heavy atom. The molecule has 2 heterocycles. The van der Waals surface area contributed by atoms with E-state index in [1.54, 1.807) is 18.2 Å². The topological polar surface area (TPSA) is 84.6 Å². The number of hydrogen-bond donors (Lipinski definition) is 1. The zero-order valence-corrected chi connectivity index (χ0v) is 18.6. The van der Waals surface area contributed by atoms with Crippen molar-refractivity contribution in [1.82, 2.24) is 4.90 Å². The van der Waals surface area contributed by atoms with Gasteiger partial charge in [-0.2, -0.15) is 5.26 Å². The number of carbonyl (C=O) groups excluding carboxylic acids is 1. The minimum atomic E-state index is -1.11. The summed E-state index contributed by atoms with van der Waals surface area (Å²) in [5, 5.41) is 19.5. The highest BCUT2D eigenvalue weighted by atomic mass is 35.5. The number of unbranched alkanes of at least 4 members (excludes halogenated alkanes) is 1. The fourth-order valence-corrected chi connectivity index (χ4v) is 5.32. The van der Waals surface area contributed by atoms with E-state index in [-0.39, 0.29) is 4.32 Å². The molecule has 1 saturated heterocycles. The van der Waals surface area contributed by atoms with Crippen molar-refractivity contribution in [2.24, 2.45) is 0 Å². The van der Waals surface area contributed by atoms with E-state index in [4.69, 9.17) is 28.9 Å². The van der Waals surface area contributed by atoms with Crippen LogP contribution in [0.15, 0.2) is 39.1 Å². The molecule has 1 aromatic rings. The Hall–Kier alpha value is -1.99. The third-order valence-electron chi connectivity index (χ3n) is 4.22. The van der Waals surface area contributed by atoms with E-state index in [1.165, 1.54) is 11.8 Å². The number of amides is 1. The largest absolute Gasteiger partial charge is 0.480 e. The number of aliphatic carboxylic acids is 1. The lowest BCUT2D eigenvalue weighted by molar-refractivity contribution is -0.140. The van der Waals surface area contributed by atoms with Gasteiger partial charge >= 0.3 is 5.97 Å². The molecule has 0 radical (unpaired) electrons. The van der Waals surface area contributed by atoms with Gasteiger partial charge in [0.1, 0.15) is 16.9 Å². The first-order valence-electron chi connectivity index (χ1n) is 8.72. The molecule has 0 saturated carbocycles. The number of carboxylic acids is 1. The molecule has 2 aliphatic rings. The zero-order valence-electron chi connectivity index (χ0n) is 15.3. The monoisotopic (exact) mass is 465 g/mol. The lowest BCUT2D eigenvalue weighted by Gasteiger charge is -2.20. The molecule has 0 atom stereocenters. The Morgan fingerprint density at radius 3 is 2.76 bits per heavy atom. The van der Waals surface area contributed by atoms with Crippen molar-refractivity contribution < 1.29 is 14.7 Å². The van der Waals surface area contributed by atoms with Crippen molar-refractivity contribution in [3.63, 3.8) is 0 Å². The summed E-state index contributed by atoms with van der Waals surface area (Å²) in [5.74, 6) is -1.52. The molecule has 29 heavy (non-hydrogen) atoms. The second-order valence-corrected chi connectivity index (χ2v) is 9.35. The molecule has 0 aliphatic carbocycles. The SMILES string of the molecule is CCCCN1/C(=C/C=C2/SC(=S)N(CC(=O)O)C2=O)Sc2cc(C#N)c(Cl)cc21. The molecule has 1 aromatic carbocycles. The molecular weight excluding hydrogens is 450 g/mol. The van der Waals surface area contributed by atoms with Gasteiger partial charge in [0.15, 0.2) is 0 Å². The van der Waals surface area contributed by atoms with Crippen LogP contribution in [0.5, 0.6) is 0 Å². The first-order valence-corrected chi connectivity index (χ1v) is 11.1. The maximum Gasteiger partial charge on any atom is 0.323 e. The van der Waals surface area contributed by atoms with Gasteiger partial charge in [0.25, 0.3) is 5.91 Å². The van der Waals surface area contributed by atoms with Crippen LogP contribution in [0.25, 0.3) is 0 Å². The van der Waals surface area contributed by atoms with Gasteiger partial charge in [-0.3, -0.25) is 14.5 Å². The van der Waals surface area contributed by atoms with Crippen molar-refractivity contribution in [2.45, 2.75) is 24.7 Å². The predicted molar refractivity (Wildman–Crippen MR) is 120 cm³/mol. The van der Waals surface area contributed by atoms with Crippen LogP contribution in [0.3, 0.4) is 0 Å². The van der Waals surface area contributed by atoms with Crippen LogP contribution in [-0.4, -0.2) is 39.3 Å². The fraction of sp³-hybridized carbons (Fsp3) is 0.263. The Kier molecular flexibility index (Phi) is 6.90. The fourth-order valence-electron chi connectivity index (χ4n) is 2.81. The Balaban J connectivity index is 1.91. The van der Waals surface area contributed by atoms with Gasteiger partial charge in [-0.05, 0) is 30.7 Å². The average molecular weight is 466 g/mol. The van der Waals surface area contributed by atoms with E-state index in [1.807, 2.05) is 6.08 Å². The molecule has 3 rings (SSSR count). The summed E-state index contributed by atoms with van der Waals surface area (Å²) in [5.41, 5.74) is 1.36. The van der Waals surface area contributed by atoms with E-state index >= 15 is 0 Å². The number of anilines is 1. The van der Waals surface area contributed by atoms with Gasteiger partial charge in [0, 0.05) is 11.4 Å². The molecule has 2 aliphatic heterocycles. The molecule has 0 unspecified atom stereocenters. The van der Waals surface area contributed by atoms with Gasteiger partial charge in [-0.15, -0.1) is 0 Å². The number of carbonyl (C=O) groups is 2. The van der Waals surface area contributed by atoms with Crippen molar-refractivity contribution in [1.29, 1.82) is 5.26 Å². The van der Waals surface area contributed by atoms with Crippen LogP contribution in [-0.2, 0) is 9.59 Å². The number of nitriles is 1. The maximum atomic E-state index is 12.4. The molecule has 0 bridgehead atoms. The summed E-state index contributed by atoms with van der Waals surface area (Å²) in [7, 11) is 0. The van der Waals surface area contributed by atoms with Gasteiger partial charge in [0.2, 0.25) is 0 Å². The minimum absolute atomic E-state index is 0.234. The van der Waals surface area contributed by atoms with E-state index in [2.05, 4.69) is 17.9 Å². The summed E-state index contributed by atoms with van der Waals surface area (Å²) in [4.78, 5) is 27.9. The summed E-state index contributed by atoms with van der Waals surface area (Å²) < 4.78 is 0.234. The van der Waals surface area contributed by atoms with Gasteiger partial charge < -0.3 is 10.0 Å². The number of thiocarbonyl (C=S) groups is 1. The predicted octanol–water partition coefficient (Wildman–Crippen LogP) is 4.59. The van der Waals surface area contributed by atoms with E-state index in [0.29, 0.717) is 15.5 Å². The van der Waals surface area contributed by atoms with Gasteiger partial charge in [-0.1, -0.05) is 60.7 Å². The molecular formula is C19H16ClN3O3S3. The molecule has 0 aromatic heterocycles. The van der Waals surface area contributed by atoms with E-state index in [0.717, 1.165) is 51.7 Å². The normalized spacial score (nSPS) is 18.7. The van der Waals surface area contributed by atoms with Crippen LogP contribution in [0.2, 0.25) is 5.02 Å². The molecule has 10 heteroatoms. The van der Waals surface area contributed by atoms with Crippen LogP contribution in [0.1, 0.15) is 25.3 Å². The van der Waals surface area contributed by atoms with Crippen LogP contribution < -0.4 is 4.90 Å². The summed E-state index contributed by atoms with van der Waals surface area (Å²) in [6.07, 6.45) is 5.48. The highest BCUT2D eigenvalue weighted by Crippen LogP contribution is 2.48. The second-order valence-electron chi connectivity index (χ2n) is 6.21. The van der Waals surface area contributed by atoms with Crippen LogP contribution in [0, 0.1) is 11.3 Å². The molecule has 1 N–H and O–H groups in total. The van der Waals surface area contributed by atoms with Crippen molar-refractivity contribution in [3.8, 4) is 6.07 Å². The number of carboxylic acid groups (broad SMARTS) is 1. The number of nitrogens with zero attached hydrogens (tertiary/aromatic N) is 3. The van der Waals surface area contributed by atoms with Gasteiger partial charge in [0.05, 0.1) is 26.2 Å². The molecule has 0 spiro atoms. The Morgan fingerprint density at radius 1 is 1.34 bits per heavy atom. The van der Waals surface area contributed by atoms with Crippen molar-refractivity contribution in [2.75, 3.05) is 18.0 Å². The summed E-state index contributed by atoms with van der Waals surface area (Å²) in [6.45, 7) is 2.43. The third-order valence-corrected chi connectivity index (χ3v) is 7.04. The molecule has 6 nitrogen and oxygen atoms in total. The number of halogens is 1. The lowest BCUT2D eigenvalue weighted by Crippen LogP contribution is -2.33. The van der Waals surface area contributed by atoms with Crippen molar-refractivity contribution >= 4 is 69.2 Å². The van der Waals surface area contributed by atoms with Crippen LogP contribution >= 0.6 is 47.3 Å². The number of rotatable bonds is 6. The Bertz CT molecular complexity index is 1000. The van der Waals surface area contributed by atoms with Crippen molar-refractivity contribution in [3.05, 3.63) is 44.8 Å². The van der Waals surface area contributed by atoms with Crippen LogP contribution in [0.4, 0.5) is 5.69 Å². The number of thioether (sulfide) groups is 2. The third kappa shape index (κ3) is 4.61. The molecule has 1 fully saturated rings. The number of fused-ring (bicyclic) bond motifs is 1. The van der Waals surface area contributed by atoms with E-state index < -0.39 is 18.4 Å². The standard InChI is InChI=1S/C19H16ClN3O3S3/c1-2-3-6-22-13-8-12(20)11(9-21)7-15(13)28-16(22)5-4-14-18(26)23(10-17(24)25)19(27)29-14/h4-5,7-8H,2-3,6,10H2,1H3,(H,24,25)/b14-4+,16-5-. The smallest absolute Gasteiger partial charge is 0.323 e. The second kappa shape index (κ2) is 9.22. The minimum Gasteiger partial charge on any atom is -0.480 e. The summed E-state index contributed by atoms with van der Waals surface area (Å²) in [6, 6.07) is 5.66. The lowest BCUT2D eigenvalue weighted by atomic mass is 10.2. The zero-order chi connectivity index (χ0) is 21.1. The quantitative estimate of drug-likeness (QED) is 0.482. The van der Waals surface area contributed by atoms with Gasteiger partial charge in [-0.25, -0.2) is 0 Å². The maximum absolute atomic E-state index is 12.4. The molecule has 150 valence electrons. The number of allylic oxidation sites excluding steroid dienone is 2. The average Bonchev–Trinajstić information content (AvgIpc) is 3.14. The number of benzene rings is 1. The first-order chi connectivity index (χ1) is 13.8. The Labute approximate surface area is 187 Å². The van der Waals surface area contributed by atoms with E-state index in [9.17, 15) is 14.9 Å². The summed E-state index contributed by atoms with van der Waals surface area (Å²) >= 11 is 13.9. The molecule has 1 amide bonds.